The Labute approximate surface area is 394 Å². The number of para-hydroxylation sites is 3. The molecule has 1 aliphatic carbocycles. The lowest BCUT2D eigenvalue weighted by Crippen LogP contribution is -2.57. The van der Waals surface area contributed by atoms with Crippen LogP contribution in [0.15, 0.2) is 212 Å². The maximum absolute atomic E-state index is 7.23. The Morgan fingerprint density at radius 3 is 1.51 bits per heavy atom. The summed E-state index contributed by atoms with van der Waals surface area (Å²) in [6, 6.07) is 77.1. The van der Waals surface area contributed by atoms with Gasteiger partial charge in [0.15, 0.2) is 0 Å². The van der Waals surface area contributed by atoms with Crippen molar-refractivity contribution in [2.24, 2.45) is 0 Å². The first-order chi connectivity index (χ1) is 33.5. The van der Waals surface area contributed by atoms with Gasteiger partial charge < -0.3 is 18.6 Å². The summed E-state index contributed by atoms with van der Waals surface area (Å²) >= 11 is 0. The average Bonchev–Trinajstić information content (AvgIpc) is 4.00. The Morgan fingerprint density at radius 2 is 0.912 bits per heavy atom. The first-order valence-electron chi connectivity index (χ1n) is 23.6. The van der Waals surface area contributed by atoms with Crippen LogP contribution in [0.25, 0.3) is 88.4 Å². The molecule has 0 atom stereocenters. The molecule has 318 valence electrons. The molecule has 4 heterocycles. The molecular formula is C63H41BN2O2. The Bertz CT molecular complexity index is 4000. The summed E-state index contributed by atoms with van der Waals surface area (Å²) in [7, 11) is 0. The minimum Gasteiger partial charge on any atom is -0.458 e. The van der Waals surface area contributed by atoms with Crippen molar-refractivity contribution in [3.63, 3.8) is 0 Å². The van der Waals surface area contributed by atoms with Crippen molar-refractivity contribution in [3.05, 3.63) is 223 Å². The van der Waals surface area contributed by atoms with Crippen LogP contribution in [0.3, 0.4) is 0 Å². The van der Waals surface area contributed by atoms with E-state index in [1.807, 2.05) is 0 Å². The molecule has 0 saturated carbocycles. The quantitative estimate of drug-likeness (QED) is 0.165. The highest BCUT2D eigenvalue weighted by Crippen LogP contribution is 2.58. The van der Waals surface area contributed by atoms with Gasteiger partial charge >= 0.3 is 0 Å². The molecule has 12 aromatic rings. The minimum atomic E-state index is -0.299. The summed E-state index contributed by atoms with van der Waals surface area (Å²) in [5.74, 6) is 3.33. The van der Waals surface area contributed by atoms with Gasteiger partial charge in [-0.2, -0.15) is 0 Å². The number of hydrogen-bond acceptors (Lipinski definition) is 2. The third-order valence-electron chi connectivity index (χ3n) is 15.2. The number of benzene rings is 10. The molecule has 0 fully saturated rings. The third kappa shape index (κ3) is 5.05. The SMILES string of the molecule is CC1(C)c2ccccc2-c2c1c1c3ccccc3n(-c3ccccc3)c1c1c3ccccc3n(-c3cc4c5c(c3)Oc3cc(-c6ccccc6)ccc3B5c3ccc(-c5ccccc5)cc3O4)c21. The van der Waals surface area contributed by atoms with Crippen molar-refractivity contribution in [2.75, 3.05) is 0 Å². The molecule has 2 aliphatic heterocycles. The predicted molar refractivity (Wildman–Crippen MR) is 281 cm³/mol. The summed E-state index contributed by atoms with van der Waals surface area (Å²) in [5.41, 5.74) is 19.7. The summed E-state index contributed by atoms with van der Waals surface area (Å²) in [6.07, 6.45) is 0. The van der Waals surface area contributed by atoms with E-state index in [9.17, 15) is 0 Å². The summed E-state index contributed by atoms with van der Waals surface area (Å²) in [5, 5.41) is 4.99. The second-order valence-electron chi connectivity index (χ2n) is 19.1. The lowest BCUT2D eigenvalue weighted by molar-refractivity contribution is 0.464. The Hall–Kier alpha value is -8.54. The van der Waals surface area contributed by atoms with Crippen molar-refractivity contribution >= 4 is 66.7 Å². The predicted octanol–water partition coefficient (Wildman–Crippen LogP) is 14.2. The van der Waals surface area contributed by atoms with Crippen LogP contribution in [0.4, 0.5) is 0 Å². The van der Waals surface area contributed by atoms with E-state index < -0.39 is 0 Å². The molecule has 0 unspecified atom stereocenters. The zero-order chi connectivity index (χ0) is 44.8. The molecule has 0 radical (unpaired) electrons. The molecule has 0 spiro atoms. The fourth-order valence-corrected chi connectivity index (χ4v) is 12.3. The van der Waals surface area contributed by atoms with Crippen molar-refractivity contribution in [3.8, 4) is 67.8 Å². The highest BCUT2D eigenvalue weighted by atomic mass is 16.5. The maximum Gasteiger partial charge on any atom is 0.260 e. The Kier molecular flexibility index (Phi) is 7.62. The van der Waals surface area contributed by atoms with Gasteiger partial charge in [-0.05, 0) is 86.3 Å². The van der Waals surface area contributed by atoms with Crippen molar-refractivity contribution in [1.29, 1.82) is 0 Å². The average molecular weight is 869 g/mol. The monoisotopic (exact) mass is 868 g/mol. The largest absolute Gasteiger partial charge is 0.458 e. The van der Waals surface area contributed by atoms with Gasteiger partial charge in [-0.25, -0.2) is 0 Å². The van der Waals surface area contributed by atoms with Gasteiger partial charge in [0, 0.05) is 55.8 Å². The van der Waals surface area contributed by atoms with Crippen LogP contribution in [-0.4, -0.2) is 15.8 Å². The molecule has 0 bridgehead atoms. The van der Waals surface area contributed by atoms with Gasteiger partial charge in [-0.15, -0.1) is 0 Å². The Morgan fingerprint density at radius 1 is 0.412 bits per heavy atom. The zero-order valence-corrected chi connectivity index (χ0v) is 37.5. The second-order valence-corrected chi connectivity index (χ2v) is 19.1. The van der Waals surface area contributed by atoms with E-state index in [0.29, 0.717) is 0 Å². The Balaban J connectivity index is 1.07. The lowest BCUT2D eigenvalue weighted by atomic mass is 9.34. The summed E-state index contributed by atoms with van der Waals surface area (Å²) in [6.45, 7) is 4.74. The molecule has 4 nitrogen and oxygen atoms in total. The van der Waals surface area contributed by atoms with E-state index in [-0.39, 0.29) is 12.1 Å². The van der Waals surface area contributed by atoms with E-state index >= 15 is 0 Å². The molecule has 15 rings (SSSR count). The van der Waals surface area contributed by atoms with E-state index in [4.69, 9.17) is 9.47 Å². The molecule has 2 aromatic heterocycles. The maximum atomic E-state index is 7.23. The number of fused-ring (bicyclic) bond motifs is 16. The van der Waals surface area contributed by atoms with Crippen molar-refractivity contribution < 1.29 is 9.47 Å². The molecule has 5 heteroatoms. The minimum absolute atomic E-state index is 0.0903. The lowest BCUT2D eigenvalue weighted by Gasteiger charge is -2.34. The summed E-state index contributed by atoms with van der Waals surface area (Å²) < 4.78 is 19.5. The fourth-order valence-electron chi connectivity index (χ4n) is 12.3. The van der Waals surface area contributed by atoms with Crippen molar-refractivity contribution in [1.82, 2.24) is 9.13 Å². The highest BCUT2D eigenvalue weighted by Gasteiger charge is 2.43. The standard InChI is InChI=1S/C63H41BN2O2/c1-63(2)47-27-15-12-24-44(47)56-59(63)57-45-25-13-16-28-50(45)65(42-22-10-5-11-23-42)62(57)58-46-26-14-17-29-51(46)66(61(56)58)43-36-54-60-55(37-43)68-53-35-41(39-20-8-4-9-21-39)31-33-49(53)64(60)48-32-30-40(34-52(48)67-54)38-18-6-3-7-19-38/h3-37H,1-2H3. The number of hydrogen-bond donors (Lipinski definition) is 0. The number of rotatable bonds is 4. The normalized spacial score (nSPS) is 13.8. The van der Waals surface area contributed by atoms with E-state index in [1.54, 1.807) is 0 Å². The number of nitrogens with zero attached hydrogens (tertiary/aromatic N) is 2. The van der Waals surface area contributed by atoms with Gasteiger partial charge in [0.05, 0.1) is 27.8 Å². The highest BCUT2D eigenvalue weighted by molar-refractivity contribution is 6.98. The van der Waals surface area contributed by atoms with E-state index in [1.165, 1.54) is 60.3 Å². The smallest absolute Gasteiger partial charge is 0.260 e. The number of aromatic nitrogens is 2. The second kappa shape index (κ2) is 13.8. The zero-order valence-electron chi connectivity index (χ0n) is 37.5. The molecule has 0 N–H and O–H groups in total. The van der Waals surface area contributed by atoms with E-state index in [2.05, 4.69) is 235 Å². The van der Waals surface area contributed by atoms with E-state index in [0.717, 1.165) is 78.5 Å². The van der Waals surface area contributed by atoms with Crippen LogP contribution < -0.4 is 25.9 Å². The molecule has 10 aromatic carbocycles. The van der Waals surface area contributed by atoms with Gasteiger partial charge in [0.25, 0.3) is 6.71 Å². The molecule has 0 amide bonds. The molecule has 68 heavy (non-hydrogen) atoms. The summed E-state index contributed by atoms with van der Waals surface area (Å²) in [4.78, 5) is 0. The van der Waals surface area contributed by atoms with Crippen LogP contribution in [0.1, 0.15) is 25.0 Å². The van der Waals surface area contributed by atoms with Crippen LogP contribution in [-0.2, 0) is 5.41 Å². The van der Waals surface area contributed by atoms with Gasteiger partial charge in [-0.1, -0.05) is 178 Å². The molecule has 0 saturated heterocycles. The first-order valence-corrected chi connectivity index (χ1v) is 23.6. The van der Waals surface area contributed by atoms with Crippen molar-refractivity contribution in [2.45, 2.75) is 19.3 Å². The first kappa shape index (κ1) is 37.7. The van der Waals surface area contributed by atoms with Gasteiger partial charge in [0.2, 0.25) is 0 Å². The topological polar surface area (TPSA) is 28.3 Å². The van der Waals surface area contributed by atoms with Crippen LogP contribution in [0.2, 0.25) is 0 Å². The van der Waals surface area contributed by atoms with Crippen LogP contribution in [0.5, 0.6) is 23.0 Å². The van der Waals surface area contributed by atoms with Gasteiger partial charge in [-0.3, -0.25) is 0 Å². The van der Waals surface area contributed by atoms with Crippen LogP contribution >= 0.6 is 0 Å². The number of ether oxygens (including phenoxy) is 2. The molecule has 3 aliphatic rings. The van der Waals surface area contributed by atoms with Gasteiger partial charge in [0.1, 0.15) is 23.0 Å². The molecular weight excluding hydrogens is 828 g/mol. The van der Waals surface area contributed by atoms with Crippen LogP contribution in [0, 0.1) is 0 Å². The third-order valence-corrected chi connectivity index (χ3v) is 15.2. The fraction of sp³-hybridized carbons (Fsp3) is 0.0476.